The summed E-state index contributed by atoms with van der Waals surface area (Å²) in [5.74, 6) is -0.742. The highest BCUT2D eigenvalue weighted by Gasteiger charge is 2.30. The van der Waals surface area contributed by atoms with Gasteiger partial charge in [-0.25, -0.2) is 8.42 Å². The Morgan fingerprint density at radius 2 is 1.74 bits per heavy atom. The first-order valence-electron chi connectivity index (χ1n) is 11.3. The molecule has 0 radical (unpaired) electrons. The van der Waals surface area contributed by atoms with Crippen molar-refractivity contribution in [1.29, 1.82) is 0 Å². The predicted molar refractivity (Wildman–Crippen MR) is 138 cm³/mol. The van der Waals surface area contributed by atoms with Crippen molar-refractivity contribution >= 4 is 39.1 Å². The van der Waals surface area contributed by atoms with Crippen molar-refractivity contribution in [3.8, 4) is 0 Å². The molecule has 2 atom stereocenters. The number of halogens is 1. The summed E-state index contributed by atoms with van der Waals surface area (Å²) < 4.78 is 26.4. The molecule has 34 heavy (non-hydrogen) atoms. The number of amides is 2. The lowest BCUT2D eigenvalue weighted by Gasteiger charge is -2.32. The SMILES string of the molecule is CC[C@H](C)NC(=O)[C@H](C)N(CCc1ccccc1)C(=O)CN(c1cc(Cl)ccc1C)S(C)(=O)=O. The van der Waals surface area contributed by atoms with Crippen molar-refractivity contribution in [2.24, 2.45) is 0 Å². The Morgan fingerprint density at radius 3 is 2.32 bits per heavy atom. The number of benzene rings is 2. The summed E-state index contributed by atoms with van der Waals surface area (Å²) in [6, 6.07) is 13.7. The summed E-state index contributed by atoms with van der Waals surface area (Å²) in [4.78, 5) is 27.8. The summed E-state index contributed by atoms with van der Waals surface area (Å²) in [5.41, 5.74) is 2.02. The highest BCUT2D eigenvalue weighted by atomic mass is 35.5. The van der Waals surface area contributed by atoms with Crippen molar-refractivity contribution in [1.82, 2.24) is 10.2 Å². The molecule has 2 amide bonds. The van der Waals surface area contributed by atoms with E-state index in [-0.39, 0.29) is 18.5 Å². The van der Waals surface area contributed by atoms with Crippen LogP contribution in [0.3, 0.4) is 0 Å². The van der Waals surface area contributed by atoms with Crippen LogP contribution in [0.5, 0.6) is 0 Å². The second-order valence-electron chi connectivity index (χ2n) is 8.52. The Balaban J connectivity index is 2.35. The molecule has 0 bridgehead atoms. The zero-order chi connectivity index (χ0) is 25.5. The molecule has 0 spiro atoms. The predicted octanol–water partition coefficient (Wildman–Crippen LogP) is 3.79. The van der Waals surface area contributed by atoms with Gasteiger partial charge in [-0.1, -0.05) is 54.9 Å². The number of nitrogens with zero attached hydrogens (tertiary/aromatic N) is 2. The largest absolute Gasteiger partial charge is 0.352 e. The minimum absolute atomic E-state index is 0.0392. The molecule has 186 valence electrons. The third-order valence-electron chi connectivity index (χ3n) is 5.77. The fourth-order valence-electron chi connectivity index (χ4n) is 3.48. The van der Waals surface area contributed by atoms with Crippen LogP contribution >= 0.6 is 11.6 Å². The van der Waals surface area contributed by atoms with Crippen LogP contribution in [0.15, 0.2) is 48.5 Å². The lowest BCUT2D eigenvalue weighted by atomic mass is 10.1. The Hall–Kier alpha value is -2.58. The Morgan fingerprint density at radius 1 is 1.09 bits per heavy atom. The number of anilines is 1. The van der Waals surface area contributed by atoms with E-state index in [1.54, 1.807) is 26.0 Å². The van der Waals surface area contributed by atoms with Gasteiger partial charge in [0.15, 0.2) is 0 Å². The second-order valence-corrected chi connectivity index (χ2v) is 10.9. The lowest BCUT2D eigenvalue weighted by molar-refractivity contribution is -0.139. The topological polar surface area (TPSA) is 86.8 Å². The van der Waals surface area contributed by atoms with Crippen molar-refractivity contribution in [2.45, 2.75) is 52.6 Å². The van der Waals surface area contributed by atoms with E-state index in [4.69, 9.17) is 11.6 Å². The smallest absolute Gasteiger partial charge is 0.244 e. The van der Waals surface area contributed by atoms with E-state index in [1.165, 1.54) is 11.0 Å². The van der Waals surface area contributed by atoms with E-state index in [0.29, 0.717) is 22.7 Å². The minimum Gasteiger partial charge on any atom is -0.352 e. The van der Waals surface area contributed by atoms with Crippen LogP contribution < -0.4 is 9.62 Å². The molecular formula is C25H34ClN3O4S. The molecule has 0 aliphatic heterocycles. The van der Waals surface area contributed by atoms with Crippen molar-refractivity contribution in [3.05, 3.63) is 64.7 Å². The number of nitrogens with one attached hydrogen (secondary N) is 1. The van der Waals surface area contributed by atoms with Gasteiger partial charge in [0.2, 0.25) is 21.8 Å². The molecule has 2 aromatic carbocycles. The van der Waals surface area contributed by atoms with E-state index in [0.717, 1.165) is 22.5 Å². The number of hydrogen-bond donors (Lipinski definition) is 1. The maximum atomic E-state index is 13.5. The average Bonchev–Trinajstić information content (AvgIpc) is 2.79. The molecule has 0 fully saturated rings. The van der Waals surface area contributed by atoms with Crippen LogP contribution in [0.2, 0.25) is 5.02 Å². The number of hydrogen-bond acceptors (Lipinski definition) is 4. The summed E-state index contributed by atoms with van der Waals surface area (Å²) in [7, 11) is -3.80. The number of carbonyl (C=O) groups is 2. The van der Waals surface area contributed by atoms with Crippen molar-refractivity contribution < 1.29 is 18.0 Å². The maximum Gasteiger partial charge on any atom is 0.244 e. The number of rotatable bonds is 11. The van der Waals surface area contributed by atoms with Gasteiger partial charge in [0.25, 0.3) is 0 Å². The lowest BCUT2D eigenvalue weighted by Crippen LogP contribution is -2.53. The summed E-state index contributed by atoms with van der Waals surface area (Å²) in [6.45, 7) is 7.11. The van der Waals surface area contributed by atoms with Gasteiger partial charge in [0.1, 0.15) is 12.6 Å². The molecule has 0 aliphatic rings. The Bertz CT molecular complexity index is 1090. The normalized spacial score (nSPS) is 13.1. The van der Waals surface area contributed by atoms with Gasteiger partial charge < -0.3 is 10.2 Å². The second kappa shape index (κ2) is 12.2. The Kier molecular flexibility index (Phi) is 9.94. The molecule has 9 heteroatoms. The molecule has 0 heterocycles. The van der Waals surface area contributed by atoms with Gasteiger partial charge in [-0.3, -0.25) is 13.9 Å². The monoisotopic (exact) mass is 507 g/mol. The highest BCUT2D eigenvalue weighted by molar-refractivity contribution is 7.92. The average molecular weight is 508 g/mol. The summed E-state index contributed by atoms with van der Waals surface area (Å²) >= 11 is 6.11. The van der Waals surface area contributed by atoms with Crippen molar-refractivity contribution in [3.63, 3.8) is 0 Å². The summed E-state index contributed by atoms with van der Waals surface area (Å²) in [6.07, 6.45) is 2.34. The highest BCUT2D eigenvalue weighted by Crippen LogP contribution is 2.26. The zero-order valence-corrected chi connectivity index (χ0v) is 22.0. The van der Waals surface area contributed by atoms with Gasteiger partial charge in [0.05, 0.1) is 11.9 Å². The van der Waals surface area contributed by atoms with E-state index < -0.39 is 28.5 Å². The minimum atomic E-state index is -3.80. The van der Waals surface area contributed by atoms with Crippen LogP contribution in [0.25, 0.3) is 0 Å². The van der Waals surface area contributed by atoms with Gasteiger partial charge in [0, 0.05) is 17.6 Å². The molecule has 0 aliphatic carbocycles. The first-order valence-corrected chi connectivity index (χ1v) is 13.5. The maximum absolute atomic E-state index is 13.5. The van der Waals surface area contributed by atoms with Crippen LogP contribution in [-0.2, 0) is 26.0 Å². The molecular weight excluding hydrogens is 474 g/mol. The third kappa shape index (κ3) is 7.74. The molecule has 2 rings (SSSR count). The molecule has 0 unspecified atom stereocenters. The molecule has 0 saturated carbocycles. The third-order valence-corrected chi connectivity index (χ3v) is 7.13. The van der Waals surface area contributed by atoms with Crippen molar-refractivity contribution in [2.75, 3.05) is 23.7 Å². The van der Waals surface area contributed by atoms with E-state index >= 15 is 0 Å². The van der Waals surface area contributed by atoms with Gasteiger partial charge in [-0.15, -0.1) is 0 Å². The first kappa shape index (κ1) is 27.7. The Labute approximate surface area is 208 Å². The van der Waals surface area contributed by atoms with E-state index in [1.807, 2.05) is 44.2 Å². The number of aryl methyl sites for hydroxylation is 1. The van der Waals surface area contributed by atoms with Gasteiger partial charge in [-0.2, -0.15) is 0 Å². The molecule has 1 N–H and O–H groups in total. The fraction of sp³-hybridized carbons (Fsp3) is 0.440. The fourth-order valence-corrected chi connectivity index (χ4v) is 4.55. The van der Waals surface area contributed by atoms with Crippen LogP contribution in [-0.4, -0.2) is 56.6 Å². The van der Waals surface area contributed by atoms with E-state index in [2.05, 4.69) is 5.32 Å². The van der Waals surface area contributed by atoms with Crippen LogP contribution in [0.4, 0.5) is 5.69 Å². The standard InChI is InChI=1S/C25H34ClN3O4S/c1-6-19(3)27-25(31)20(4)28(15-14-21-10-8-7-9-11-21)24(30)17-29(34(5,32)33)23-16-22(26)13-12-18(23)2/h7-13,16,19-20H,6,14-15,17H2,1-5H3,(H,27,31)/t19-,20-/m0/s1. The molecule has 0 saturated heterocycles. The van der Waals surface area contributed by atoms with Crippen LogP contribution in [0.1, 0.15) is 38.3 Å². The molecule has 2 aromatic rings. The molecule has 0 aromatic heterocycles. The van der Waals surface area contributed by atoms with Gasteiger partial charge >= 0.3 is 0 Å². The van der Waals surface area contributed by atoms with Crippen LogP contribution in [0, 0.1) is 6.92 Å². The molecule has 7 nitrogen and oxygen atoms in total. The summed E-state index contributed by atoms with van der Waals surface area (Å²) in [5, 5.41) is 3.28. The number of carbonyl (C=O) groups excluding carboxylic acids is 2. The number of sulfonamides is 1. The van der Waals surface area contributed by atoms with E-state index in [9.17, 15) is 18.0 Å². The zero-order valence-electron chi connectivity index (χ0n) is 20.4. The van der Waals surface area contributed by atoms with Gasteiger partial charge in [-0.05, 0) is 56.9 Å². The first-order chi connectivity index (χ1) is 15.9. The quantitative estimate of drug-likeness (QED) is 0.501.